The Kier molecular flexibility index (Phi) is 7.34. The van der Waals surface area contributed by atoms with Crippen LogP contribution in [0.1, 0.15) is 43.0 Å². The lowest BCUT2D eigenvalue weighted by Gasteiger charge is -2.34. The predicted octanol–water partition coefficient (Wildman–Crippen LogP) is 0.892. The molecule has 27 heavy (non-hydrogen) atoms. The zero-order valence-electron chi connectivity index (χ0n) is 15.7. The molecule has 1 aliphatic heterocycles. The van der Waals surface area contributed by atoms with Gasteiger partial charge in [-0.05, 0) is 30.7 Å². The standard InChI is InChI=1S/C19H26N4O4/c1-3-4-5-16(24)22-14-8-6-13(7-9-14)19(27)23-11-10-21-18(26)15(23)12-17(25)20-2/h6-9,15H,3-5,10-12H2,1-2H3,(H,20,25)(H,21,26)(H,22,24)/t15-/m0/s1. The molecule has 3 N–H and O–H groups in total. The number of anilines is 1. The fraction of sp³-hybridized carbons (Fsp3) is 0.474. The van der Waals surface area contributed by atoms with Crippen molar-refractivity contribution in [1.82, 2.24) is 15.5 Å². The highest BCUT2D eigenvalue weighted by Gasteiger charge is 2.34. The third kappa shape index (κ3) is 5.54. The van der Waals surface area contributed by atoms with Crippen LogP contribution in [0.5, 0.6) is 0 Å². The molecule has 4 amide bonds. The van der Waals surface area contributed by atoms with E-state index in [2.05, 4.69) is 16.0 Å². The van der Waals surface area contributed by atoms with Crippen molar-refractivity contribution in [2.45, 2.75) is 38.6 Å². The molecular formula is C19H26N4O4. The predicted molar refractivity (Wildman–Crippen MR) is 101 cm³/mol. The highest BCUT2D eigenvalue weighted by molar-refractivity contribution is 6.00. The van der Waals surface area contributed by atoms with Gasteiger partial charge in [-0.25, -0.2) is 0 Å². The Morgan fingerprint density at radius 3 is 2.52 bits per heavy atom. The first-order valence-electron chi connectivity index (χ1n) is 9.15. The molecule has 0 bridgehead atoms. The number of nitrogens with zero attached hydrogens (tertiary/aromatic N) is 1. The van der Waals surface area contributed by atoms with E-state index in [0.717, 1.165) is 12.8 Å². The second-order valence-corrected chi connectivity index (χ2v) is 6.41. The van der Waals surface area contributed by atoms with Gasteiger partial charge in [0, 0.05) is 37.8 Å². The van der Waals surface area contributed by atoms with Crippen LogP contribution in [0.15, 0.2) is 24.3 Å². The number of carbonyl (C=O) groups excluding carboxylic acids is 4. The second-order valence-electron chi connectivity index (χ2n) is 6.41. The second kappa shape index (κ2) is 9.70. The Morgan fingerprint density at radius 2 is 1.89 bits per heavy atom. The topological polar surface area (TPSA) is 108 Å². The summed E-state index contributed by atoms with van der Waals surface area (Å²) in [6.07, 6.45) is 2.15. The van der Waals surface area contributed by atoms with E-state index >= 15 is 0 Å². The number of amides is 4. The van der Waals surface area contributed by atoms with E-state index in [0.29, 0.717) is 30.8 Å². The van der Waals surface area contributed by atoms with Gasteiger partial charge in [0.15, 0.2) is 0 Å². The van der Waals surface area contributed by atoms with Crippen LogP contribution in [-0.4, -0.2) is 54.7 Å². The van der Waals surface area contributed by atoms with Crippen LogP contribution >= 0.6 is 0 Å². The third-order valence-corrected chi connectivity index (χ3v) is 4.42. The first-order valence-corrected chi connectivity index (χ1v) is 9.15. The van der Waals surface area contributed by atoms with Crippen molar-refractivity contribution in [3.8, 4) is 0 Å². The fourth-order valence-electron chi connectivity index (χ4n) is 2.86. The molecule has 0 aromatic heterocycles. The van der Waals surface area contributed by atoms with Crippen LogP contribution in [0.2, 0.25) is 0 Å². The summed E-state index contributed by atoms with van der Waals surface area (Å²) < 4.78 is 0. The largest absolute Gasteiger partial charge is 0.359 e. The Balaban J connectivity index is 2.07. The lowest BCUT2D eigenvalue weighted by Crippen LogP contribution is -2.58. The Labute approximate surface area is 158 Å². The molecule has 0 unspecified atom stereocenters. The van der Waals surface area contributed by atoms with Gasteiger partial charge in [-0.3, -0.25) is 19.2 Å². The van der Waals surface area contributed by atoms with Gasteiger partial charge in [0.05, 0.1) is 6.42 Å². The van der Waals surface area contributed by atoms with E-state index in [4.69, 9.17) is 0 Å². The van der Waals surface area contributed by atoms with Crippen molar-refractivity contribution in [1.29, 1.82) is 0 Å². The van der Waals surface area contributed by atoms with Gasteiger partial charge in [0.2, 0.25) is 17.7 Å². The summed E-state index contributed by atoms with van der Waals surface area (Å²) in [5, 5.41) is 7.95. The fourth-order valence-corrected chi connectivity index (χ4v) is 2.86. The van der Waals surface area contributed by atoms with Gasteiger partial charge in [0.1, 0.15) is 6.04 Å². The summed E-state index contributed by atoms with van der Waals surface area (Å²) in [5.74, 6) is -1.02. The first kappa shape index (κ1) is 20.4. The molecule has 1 fully saturated rings. The van der Waals surface area contributed by atoms with Gasteiger partial charge in [-0.2, -0.15) is 0 Å². The highest BCUT2D eigenvalue weighted by Crippen LogP contribution is 2.17. The molecule has 1 aliphatic rings. The molecule has 0 saturated carbocycles. The van der Waals surface area contributed by atoms with E-state index in [-0.39, 0.29) is 30.0 Å². The van der Waals surface area contributed by atoms with Gasteiger partial charge in [0.25, 0.3) is 5.91 Å². The molecule has 1 atom stereocenters. The van der Waals surface area contributed by atoms with Crippen molar-refractivity contribution in [2.24, 2.45) is 0 Å². The van der Waals surface area contributed by atoms with Crippen LogP contribution in [0.4, 0.5) is 5.69 Å². The molecule has 0 aliphatic carbocycles. The monoisotopic (exact) mass is 374 g/mol. The van der Waals surface area contributed by atoms with E-state index < -0.39 is 6.04 Å². The minimum absolute atomic E-state index is 0.0609. The summed E-state index contributed by atoms with van der Waals surface area (Å²) in [6, 6.07) is 5.71. The maximum atomic E-state index is 12.8. The quantitative estimate of drug-likeness (QED) is 0.659. The molecule has 1 aromatic rings. The summed E-state index contributed by atoms with van der Waals surface area (Å²) >= 11 is 0. The molecule has 1 heterocycles. The number of rotatable bonds is 7. The molecular weight excluding hydrogens is 348 g/mol. The molecule has 8 heteroatoms. The maximum absolute atomic E-state index is 12.8. The third-order valence-electron chi connectivity index (χ3n) is 4.42. The Hall–Kier alpha value is -2.90. The van der Waals surface area contributed by atoms with Gasteiger partial charge in [-0.15, -0.1) is 0 Å². The van der Waals surface area contributed by atoms with Crippen LogP contribution in [-0.2, 0) is 14.4 Å². The minimum atomic E-state index is -0.834. The number of piperazine rings is 1. The van der Waals surface area contributed by atoms with Crippen LogP contribution in [0.25, 0.3) is 0 Å². The van der Waals surface area contributed by atoms with E-state index in [9.17, 15) is 19.2 Å². The Bertz CT molecular complexity index is 702. The molecule has 146 valence electrons. The van der Waals surface area contributed by atoms with Crippen LogP contribution in [0, 0.1) is 0 Å². The maximum Gasteiger partial charge on any atom is 0.254 e. The molecule has 0 radical (unpaired) electrons. The van der Waals surface area contributed by atoms with Gasteiger partial charge in [-0.1, -0.05) is 13.3 Å². The zero-order valence-corrected chi connectivity index (χ0v) is 15.7. The zero-order chi connectivity index (χ0) is 19.8. The summed E-state index contributed by atoms with van der Waals surface area (Å²) in [7, 11) is 1.49. The van der Waals surface area contributed by atoms with Crippen molar-refractivity contribution < 1.29 is 19.2 Å². The molecule has 1 aromatic carbocycles. The molecule has 0 spiro atoms. The summed E-state index contributed by atoms with van der Waals surface area (Å²) in [5.41, 5.74) is 1.02. The number of benzene rings is 1. The van der Waals surface area contributed by atoms with Crippen molar-refractivity contribution in [2.75, 3.05) is 25.5 Å². The number of hydrogen-bond acceptors (Lipinski definition) is 4. The normalized spacial score (nSPS) is 16.4. The lowest BCUT2D eigenvalue weighted by atomic mass is 10.1. The Morgan fingerprint density at radius 1 is 1.19 bits per heavy atom. The summed E-state index contributed by atoms with van der Waals surface area (Å²) in [6.45, 7) is 2.70. The SMILES string of the molecule is CCCCC(=O)Nc1ccc(C(=O)N2CCNC(=O)[C@@H]2CC(=O)NC)cc1. The van der Waals surface area contributed by atoms with E-state index in [1.807, 2.05) is 6.92 Å². The average molecular weight is 374 g/mol. The van der Waals surface area contributed by atoms with E-state index in [1.54, 1.807) is 24.3 Å². The number of unbranched alkanes of at least 4 members (excludes halogenated alkanes) is 1. The van der Waals surface area contributed by atoms with Crippen molar-refractivity contribution >= 4 is 29.3 Å². The highest BCUT2D eigenvalue weighted by atomic mass is 16.2. The van der Waals surface area contributed by atoms with Gasteiger partial charge >= 0.3 is 0 Å². The number of hydrogen-bond donors (Lipinski definition) is 3. The average Bonchev–Trinajstić information content (AvgIpc) is 2.67. The smallest absolute Gasteiger partial charge is 0.254 e. The number of nitrogens with one attached hydrogen (secondary N) is 3. The van der Waals surface area contributed by atoms with Crippen LogP contribution in [0.3, 0.4) is 0 Å². The van der Waals surface area contributed by atoms with Crippen LogP contribution < -0.4 is 16.0 Å². The lowest BCUT2D eigenvalue weighted by molar-refractivity contribution is -0.132. The molecule has 8 nitrogen and oxygen atoms in total. The van der Waals surface area contributed by atoms with E-state index in [1.165, 1.54) is 11.9 Å². The van der Waals surface area contributed by atoms with Crippen molar-refractivity contribution in [3.05, 3.63) is 29.8 Å². The van der Waals surface area contributed by atoms with Crippen molar-refractivity contribution in [3.63, 3.8) is 0 Å². The minimum Gasteiger partial charge on any atom is -0.359 e. The first-order chi connectivity index (χ1) is 13.0. The number of carbonyl (C=O) groups is 4. The molecule has 1 saturated heterocycles. The van der Waals surface area contributed by atoms with Gasteiger partial charge < -0.3 is 20.9 Å². The molecule has 2 rings (SSSR count). The summed E-state index contributed by atoms with van der Waals surface area (Å²) in [4.78, 5) is 49.8.